The van der Waals surface area contributed by atoms with Crippen molar-refractivity contribution in [3.63, 3.8) is 0 Å². The summed E-state index contributed by atoms with van der Waals surface area (Å²) in [7, 11) is 0. The number of likely N-dealkylation sites (tertiary alicyclic amines) is 1. The summed E-state index contributed by atoms with van der Waals surface area (Å²) in [6.45, 7) is 4.99. The van der Waals surface area contributed by atoms with Gasteiger partial charge in [0.1, 0.15) is 18.5 Å². The van der Waals surface area contributed by atoms with Crippen LogP contribution in [0.25, 0.3) is 10.9 Å². The van der Waals surface area contributed by atoms with Crippen LogP contribution in [0.3, 0.4) is 0 Å². The molecule has 0 aliphatic carbocycles. The van der Waals surface area contributed by atoms with Gasteiger partial charge in [0, 0.05) is 36.7 Å². The minimum absolute atomic E-state index is 0.0235. The predicted octanol–water partition coefficient (Wildman–Crippen LogP) is 1.76. The average Bonchev–Trinajstić information content (AvgIpc) is 3.09. The fourth-order valence-corrected chi connectivity index (χ4v) is 3.47. The second-order valence-electron chi connectivity index (χ2n) is 6.65. The molecule has 136 valence electrons. The monoisotopic (exact) mass is 345 g/mol. The van der Waals surface area contributed by atoms with Crippen molar-refractivity contribution < 1.29 is 14.6 Å². The van der Waals surface area contributed by atoms with Crippen molar-refractivity contribution in [2.45, 2.75) is 25.9 Å². The molecule has 1 saturated heterocycles. The maximum Gasteiger partial charge on any atom is 0.224 e. The second-order valence-corrected chi connectivity index (χ2v) is 6.65. The summed E-state index contributed by atoms with van der Waals surface area (Å²) in [4.78, 5) is 17.3. The lowest BCUT2D eigenvalue weighted by Gasteiger charge is -2.33. The fraction of sp³-hybridized carbons (Fsp3) is 0.526. The molecule has 1 aliphatic rings. The predicted molar refractivity (Wildman–Crippen MR) is 97.6 cm³/mol. The van der Waals surface area contributed by atoms with E-state index in [1.54, 1.807) is 0 Å². The topological polar surface area (TPSA) is 77.6 Å². The molecule has 2 aromatic rings. The molecule has 1 amide bonds. The van der Waals surface area contributed by atoms with Gasteiger partial charge in [-0.1, -0.05) is 6.07 Å². The molecular formula is C19H27N3O3. The number of amides is 1. The lowest BCUT2D eigenvalue weighted by molar-refractivity contribution is -0.126. The summed E-state index contributed by atoms with van der Waals surface area (Å²) in [5.41, 5.74) is 1.02. The summed E-state index contributed by atoms with van der Waals surface area (Å²) < 4.78 is 5.82. The number of aromatic amines is 1. The van der Waals surface area contributed by atoms with Gasteiger partial charge >= 0.3 is 0 Å². The second kappa shape index (κ2) is 8.36. The molecule has 1 aromatic heterocycles. The Bertz CT molecular complexity index is 700. The Morgan fingerprint density at radius 3 is 3.20 bits per heavy atom. The molecule has 2 heterocycles. The molecule has 0 bridgehead atoms. The van der Waals surface area contributed by atoms with Gasteiger partial charge in [-0.3, -0.25) is 9.69 Å². The van der Waals surface area contributed by atoms with Crippen LogP contribution in [0.5, 0.6) is 5.75 Å². The number of β-amino-alcohol motifs (C(OH)–C–C–N with tert-alkyl or cyclic N) is 1. The molecule has 6 heteroatoms. The van der Waals surface area contributed by atoms with Crippen LogP contribution in [0.1, 0.15) is 19.8 Å². The number of carbonyl (C=O) groups excluding carboxylic acids is 1. The van der Waals surface area contributed by atoms with Gasteiger partial charge in [-0.25, -0.2) is 0 Å². The van der Waals surface area contributed by atoms with E-state index in [1.165, 1.54) is 0 Å². The largest absolute Gasteiger partial charge is 0.490 e. The number of fused-ring (bicyclic) bond motifs is 1. The highest BCUT2D eigenvalue weighted by molar-refractivity contribution is 5.85. The highest BCUT2D eigenvalue weighted by Crippen LogP contribution is 2.24. The quantitative estimate of drug-likeness (QED) is 0.714. The van der Waals surface area contributed by atoms with Gasteiger partial charge in [0.25, 0.3) is 0 Å². The number of nitrogens with zero attached hydrogens (tertiary/aromatic N) is 1. The molecule has 0 spiro atoms. The molecule has 3 N–H and O–H groups in total. The van der Waals surface area contributed by atoms with Gasteiger partial charge in [-0.15, -0.1) is 0 Å². The van der Waals surface area contributed by atoms with E-state index in [4.69, 9.17) is 4.74 Å². The Morgan fingerprint density at radius 1 is 1.48 bits per heavy atom. The molecule has 0 saturated carbocycles. The third kappa shape index (κ3) is 4.52. The molecule has 6 nitrogen and oxygen atoms in total. The smallest absolute Gasteiger partial charge is 0.224 e. The first-order valence-corrected chi connectivity index (χ1v) is 9.04. The number of carbonyl (C=O) groups is 1. The molecule has 1 fully saturated rings. The number of aromatic nitrogens is 1. The van der Waals surface area contributed by atoms with E-state index in [1.807, 2.05) is 37.4 Å². The molecule has 1 aromatic carbocycles. The van der Waals surface area contributed by atoms with E-state index in [2.05, 4.69) is 15.2 Å². The number of ether oxygens (including phenoxy) is 1. The minimum Gasteiger partial charge on any atom is -0.490 e. The number of hydrogen-bond donors (Lipinski definition) is 3. The van der Waals surface area contributed by atoms with Gasteiger partial charge in [0.15, 0.2) is 0 Å². The van der Waals surface area contributed by atoms with Crippen LogP contribution in [0.15, 0.2) is 30.5 Å². The number of aliphatic hydroxyl groups is 1. The summed E-state index contributed by atoms with van der Waals surface area (Å²) >= 11 is 0. The number of hydrogen-bond acceptors (Lipinski definition) is 4. The molecular weight excluding hydrogens is 318 g/mol. The summed E-state index contributed by atoms with van der Waals surface area (Å²) in [5, 5.41) is 14.3. The fourth-order valence-electron chi connectivity index (χ4n) is 3.47. The molecule has 0 radical (unpaired) electrons. The summed E-state index contributed by atoms with van der Waals surface area (Å²) in [6, 6.07) is 7.81. The van der Waals surface area contributed by atoms with E-state index in [-0.39, 0.29) is 18.4 Å². The first-order valence-electron chi connectivity index (χ1n) is 9.04. The molecule has 2 unspecified atom stereocenters. The third-order valence-corrected chi connectivity index (χ3v) is 4.68. The first kappa shape index (κ1) is 17.8. The summed E-state index contributed by atoms with van der Waals surface area (Å²) in [6.07, 6.45) is 3.20. The van der Waals surface area contributed by atoms with Crippen LogP contribution in [-0.2, 0) is 4.79 Å². The zero-order valence-corrected chi connectivity index (χ0v) is 14.7. The Labute approximate surface area is 148 Å². The van der Waals surface area contributed by atoms with Gasteiger partial charge < -0.3 is 20.1 Å². The number of nitrogens with one attached hydrogen (secondary N) is 2. The molecule has 3 rings (SSSR count). The van der Waals surface area contributed by atoms with E-state index in [9.17, 15) is 9.90 Å². The van der Waals surface area contributed by atoms with Crippen molar-refractivity contribution in [2.75, 3.05) is 32.8 Å². The van der Waals surface area contributed by atoms with Crippen LogP contribution < -0.4 is 10.1 Å². The van der Waals surface area contributed by atoms with E-state index in [0.29, 0.717) is 19.6 Å². The zero-order valence-electron chi connectivity index (χ0n) is 14.7. The van der Waals surface area contributed by atoms with Gasteiger partial charge in [-0.05, 0) is 44.5 Å². The lowest BCUT2D eigenvalue weighted by atomic mass is 9.97. The highest BCUT2D eigenvalue weighted by Gasteiger charge is 2.26. The molecule has 1 aliphatic heterocycles. The number of aliphatic hydroxyl groups excluding tert-OH is 1. The Hall–Kier alpha value is -2.05. The highest BCUT2D eigenvalue weighted by atomic mass is 16.5. The van der Waals surface area contributed by atoms with Crippen molar-refractivity contribution in [1.82, 2.24) is 15.2 Å². The molecule has 2 atom stereocenters. The van der Waals surface area contributed by atoms with E-state index < -0.39 is 6.10 Å². The third-order valence-electron chi connectivity index (χ3n) is 4.68. The Balaban J connectivity index is 1.49. The van der Waals surface area contributed by atoms with Crippen LogP contribution in [-0.4, -0.2) is 59.8 Å². The molecule has 25 heavy (non-hydrogen) atoms. The Kier molecular flexibility index (Phi) is 5.94. The normalized spacial score (nSPS) is 19.7. The van der Waals surface area contributed by atoms with Crippen molar-refractivity contribution >= 4 is 16.8 Å². The van der Waals surface area contributed by atoms with Crippen LogP contribution >= 0.6 is 0 Å². The van der Waals surface area contributed by atoms with Crippen LogP contribution in [0.4, 0.5) is 0 Å². The number of H-pyrrole nitrogens is 1. The van der Waals surface area contributed by atoms with Crippen LogP contribution in [0, 0.1) is 5.92 Å². The van der Waals surface area contributed by atoms with Gasteiger partial charge in [-0.2, -0.15) is 0 Å². The van der Waals surface area contributed by atoms with E-state index in [0.717, 1.165) is 36.0 Å². The Morgan fingerprint density at radius 2 is 2.36 bits per heavy atom. The lowest BCUT2D eigenvalue weighted by Crippen LogP contribution is -2.46. The number of rotatable bonds is 7. The van der Waals surface area contributed by atoms with Crippen molar-refractivity contribution in [1.29, 1.82) is 0 Å². The number of benzene rings is 1. The summed E-state index contributed by atoms with van der Waals surface area (Å²) in [5.74, 6) is 0.921. The van der Waals surface area contributed by atoms with Crippen molar-refractivity contribution in [2.24, 2.45) is 5.92 Å². The van der Waals surface area contributed by atoms with Crippen LogP contribution in [0.2, 0.25) is 0 Å². The standard InChI is InChI=1S/C19H27N3O3/c1-2-20-19(24)14-5-4-10-22(11-14)12-15(23)13-25-18-7-3-6-17-16(18)8-9-21-17/h3,6-9,14-15,21,23H,2,4-5,10-13H2,1H3,(H,20,24). The average molecular weight is 345 g/mol. The van der Waals surface area contributed by atoms with Crippen molar-refractivity contribution in [3.05, 3.63) is 30.5 Å². The SMILES string of the molecule is CCNC(=O)C1CCCN(CC(O)COc2cccc3[nH]ccc23)C1. The zero-order chi connectivity index (χ0) is 17.6. The van der Waals surface area contributed by atoms with Gasteiger partial charge in [0.05, 0.1) is 5.92 Å². The first-order chi connectivity index (χ1) is 12.2. The maximum atomic E-state index is 12.0. The van der Waals surface area contributed by atoms with Crippen molar-refractivity contribution in [3.8, 4) is 5.75 Å². The van der Waals surface area contributed by atoms with E-state index >= 15 is 0 Å². The number of piperidine rings is 1. The minimum atomic E-state index is -0.581. The van der Waals surface area contributed by atoms with Gasteiger partial charge in [0.2, 0.25) is 5.91 Å². The maximum absolute atomic E-state index is 12.0.